The Labute approximate surface area is 155 Å². The van der Waals surface area contributed by atoms with Gasteiger partial charge in [0.1, 0.15) is 12.4 Å². The molecule has 3 nitrogen and oxygen atoms in total. The van der Waals surface area contributed by atoms with Gasteiger partial charge in [-0.3, -0.25) is 4.79 Å². The number of carbonyl (C=O) groups excluding carboxylic acids is 1. The number of carbonyl (C=O) groups is 1. The van der Waals surface area contributed by atoms with Crippen LogP contribution in [-0.4, -0.2) is 5.91 Å². The van der Waals surface area contributed by atoms with E-state index in [0.717, 1.165) is 29.7 Å². The summed E-state index contributed by atoms with van der Waals surface area (Å²) in [5, 5.41) is 3.58. The van der Waals surface area contributed by atoms with Gasteiger partial charge in [-0.25, -0.2) is 0 Å². The van der Waals surface area contributed by atoms with Crippen LogP contribution in [0.2, 0.25) is 5.02 Å². The molecule has 134 valence electrons. The molecule has 0 heterocycles. The maximum atomic E-state index is 11.8. The fraction of sp³-hybridized carbons (Fsp3) is 0.381. The van der Waals surface area contributed by atoms with Gasteiger partial charge in [0.15, 0.2) is 0 Å². The highest BCUT2D eigenvalue weighted by atomic mass is 35.5. The van der Waals surface area contributed by atoms with Gasteiger partial charge in [0.2, 0.25) is 5.91 Å². The molecule has 0 aliphatic rings. The molecule has 25 heavy (non-hydrogen) atoms. The van der Waals surface area contributed by atoms with Crippen molar-refractivity contribution in [3.05, 3.63) is 57.6 Å². The molecule has 0 aliphatic heterocycles. The average Bonchev–Trinajstić information content (AvgIpc) is 2.62. The van der Waals surface area contributed by atoms with Gasteiger partial charge in [-0.05, 0) is 54.7 Å². The smallest absolute Gasteiger partial charge is 0.224 e. The molecule has 0 saturated heterocycles. The van der Waals surface area contributed by atoms with Crippen LogP contribution in [0.3, 0.4) is 0 Å². The third kappa shape index (κ3) is 4.76. The van der Waals surface area contributed by atoms with Crippen LogP contribution >= 0.6 is 11.6 Å². The number of hydrogen-bond acceptors (Lipinski definition) is 2. The Morgan fingerprint density at radius 2 is 1.84 bits per heavy atom. The van der Waals surface area contributed by atoms with E-state index in [1.165, 1.54) is 11.1 Å². The molecule has 0 aliphatic carbocycles. The van der Waals surface area contributed by atoms with E-state index in [1.807, 2.05) is 31.2 Å². The van der Waals surface area contributed by atoms with Crippen molar-refractivity contribution in [1.29, 1.82) is 0 Å². The van der Waals surface area contributed by atoms with Gasteiger partial charge in [-0.2, -0.15) is 0 Å². The third-order valence-electron chi connectivity index (χ3n) is 4.39. The molecule has 0 unspecified atom stereocenters. The van der Waals surface area contributed by atoms with Crippen LogP contribution in [0.15, 0.2) is 30.3 Å². The van der Waals surface area contributed by atoms with Gasteiger partial charge < -0.3 is 10.1 Å². The minimum atomic E-state index is -0.00400. The fourth-order valence-electron chi connectivity index (χ4n) is 2.83. The van der Waals surface area contributed by atoms with E-state index < -0.39 is 0 Å². The van der Waals surface area contributed by atoms with Gasteiger partial charge in [0.25, 0.3) is 0 Å². The zero-order valence-corrected chi connectivity index (χ0v) is 16.2. The predicted octanol–water partition coefficient (Wildman–Crippen LogP) is 5.70. The summed E-state index contributed by atoms with van der Waals surface area (Å²) in [6.07, 6.45) is 2.26. The second-order valence-corrected chi connectivity index (χ2v) is 6.46. The van der Waals surface area contributed by atoms with Gasteiger partial charge >= 0.3 is 0 Å². The van der Waals surface area contributed by atoms with E-state index in [1.54, 1.807) is 0 Å². The number of halogens is 1. The highest BCUT2D eigenvalue weighted by Gasteiger charge is 2.12. The molecule has 0 fully saturated rings. The summed E-state index contributed by atoms with van der Waals surface area (Å²) in [7, 11) is 0. The molecule has 1 N–H and O–H groups in total. The van der Waals surface area contributed by atoms with Crippen molar-refractivity contribution in [2.24, 2.45) is 0 Å². The molecule has 1 amide bonds. The summed E-state index contributed by atoms with van der Waals surface area (Å²) in [6, 6.07) is 9.89. The Morgan fingerprint density at radius 1 is 1.12 bits per heavy atom. The minimum Gasteiger partial charge on any atom is -0.487 e. The SMILES string of the molecule is CCC(=O)Nc1cccc(CC)c1COc1cc(C)c(CC)cc1Cl. The van der Waals surface area contributed by atoms with Crippen LogP contribution < -0.4 is 10.1 Å². The molecule has 2 rings (SSSR count). The topological polar surface area (TPSA) is 38.3 Å². The number of nitrogens with one attached hydrogen (secondary N) is 1. The first-order chi connectivity index (χ1) is 12.0. The maximum Gasteiger partial charge on any atom is 0.224 e. The number of ether oxygens (including phenoxy) is 1. The molecular weight excluding hydrogens is 334 g/mol. The Hall–Kier alpha value is -2.00. The Kier molecular flexibility index (Phi) is 6.89. The molecule has 2 aromatic carbocycles. The van der Waals surface area contributed by atoms with Crippen molar-refractivity contribution >= 4 is 23.2 Å². The second kappa shape index (κ2) is 8.91. The fourth-order valence-corrected chi connectivity index (χ4v) is 3.07. The average molecular weight is 360 g/mol. The van der Waals surface area contributed by atoms with Crippen molar-refractivity contribution in [3.8, 4) is 5.75 Å². The highest BCUT2D eigenvalue weighted by Crippen LogP contribution is 2.30. The molecule has 0 bridgehead atoms. The standard InChI is InChI=1S/C21H26ClNO2/c1-5-15-9-8-10-19(23-21(24)7-3)17(15)13-25-20-11-14(4)16(6-2)12-18(20)22/h8-12H,5-7,13H2,1-4H3,(H,23,24). The first kappa shape index (κ1) is 19.3. The zero-order valence-electron chi connectivity index (χ0n) is 15.4. The molecule has 0 saturated carbocycles. The van der Waals surface area contributed by atoms with Crippen LogP contribution in [0.25, 0.3) is 0 Å². The summed E-state index contributed by atoms with van der Waals surface area (Å²) in [5.74, 6) is 0.672. The maximum absolute atomic E-state index is 11.8. The first-order valence-corrected chi connectivity index (χ1v) is 9.20. The molecule has 0 radical (unpaired) electrons. The van der Waals surface area contributed by atoms with Crippen LogP contribution in [0.5, 0.6) is 5.75 Å². The second-order valence-electron chi connectivity index (χ2n) is 6.05. The minimum absolute atomic E-state index is 0.00400. The van der Waals surface area contributed by atoms with E-state index in [2.05, 4.69) is 32.2 Å². The highest BCUT2D eigenvalue weighted by molar-refractivity contribution is 6.32. The molecule has 4 heteroatoms. The summed E-state index contributed by atoms with van der Waals surface area (Å²) in [6.45, 7) is 8.48. The lowest BCUT2D eigenvalue weighted by Crippen LogP contribution is -2.13. The van der Waals surface area contributed by atoms with Gasteiger partial charge in [-0.1, -0.05) is 44.5 Å². The first-order valence-electron chi connectivity index (χ1n) is 8.82. The molecule has 2 aromatic rings. The number of anilines is 1. The number of rotatable bonds is 7. The van der Waals surface area contributed by atoms with Crippen molar-refractivity contribution in [3.63, 3.8) is 0 Å². The van der Waals surface area contributed by atoms with Gasteiger partial charge in [-0.15, -0.1) is 0 Å². The van der Waals surface area contributed by atoms with Gasteiger partial charge in [0, 0.05) is 17.7 Å². The number of benzene rings is 2. The van der Waals surface area contributed by atoms with Crippen LogP contribution in [0, 0.1) is 6.92 Å². The van der Waals surface area contributed by atoms with E-state index in [-0.39, 0.29) is 5.91 Å². The van der Waals surface area contributed by atoms with Crippen molar-refractivity contribution in [2.75, 3.05) is 5.32 Å². The molecular formula is C21H26ClNO2. The summed E-state index contributed by atoms with van der Waals surface area (Å²) >= 11 is 6.37. The number of hydrogen-bond donors (Lipinski definition) is 1. The predicted molar refractivity (Wildman–Crippen MR) is 105 cm³/mol. The number of aryl methyl sites for hydroxylation is 3. The van der Waals surface area contributed by atoms with E-state index in [0.29, 0.717) is 23.8 Å². The van der Waals surface area contributed by atoms with Crippen molar-refractivity contribution < 1.29 is 9.53 Å². The van der Waals surface area contributed by atoms with E-state index in [4.69, 9.17) is 16.3 Å². The van der Waals surface area contributed by atoms with Gasteiger partial charge in [0.05, 0.1) is 5.02 Å². The Balaban J connectivity index is 2.28. The number of amides is 1. The Bertz CT molecular complexity index is 756. The van der Waals surface area contributed by atoms with Crippen molar-refractivity contribution in [1.82, 2.24) is 0 Å². The molecule has 0 spiro atoms. The normalized spacial score (nSPS) is 10.6. The summed E-state index contributed by atoms with van der Waals surface area (Å²) in [4.78, 5) is 11.8. The van der Waals surface area contributed by atoms with Crippen LogP contribution in [0.1, 0.15) is 49.4 Å². The lowest BCUT2D eigenvalue weighted by Gasteiger charge is -2.17. The van der Waals surface area contributed by atoms with Crippen molar-refractivity contribution in [2.45, 2.75) is 53.6 Å². The zero-order chi connectivity index (χ0) is 18.4. The van der Waals surface area contributed by atoms with E-state index in [9.17, 15) is 4.79 Å². The molecule has 0 atom stereocenters. The lowest BCUT2D eigenvalue weighted by molar-refractivity contribution is -0.115. The van der Waals surface area contributed by atoms with Crippen LogP contribution in [0.4, 0.5) is 5.69 Å². The molecule has 0 aromatic heterocycles. The van der Waals surface area contributed by atoms with E-state index >= 15 is 0 Å². The van der Waals surface area contributed by atoms with Crippen LogP contribution in [-0.2, 0) is 24.2 Å². The quantitative estimate of drug-likeness (QED) is 0.688. The Morgan fingerprint density at radius 3 is 2.48 bits per heavy atom. The summed E-state index contributed by atoms with van der Waals surface area (Å²) in [5.41, 5.74) is 5.36. The monoisotopic (exact) mass is 359 g/mol. The third-order valence-corrected chi connectivity index (χ3v) is 4.69. The summed E-state index contributed by atoms with van der Waals surface area (Å²) < 4.78 is 6.02. The largest absolute Gasteiger partial charge is 0.487 e. The lowest BCUT2D eigenvalue weighted by atomic mass is 10.0.